The fraction of sp³-hybridized carbons (Fsp3) is 0. The second kappa shape index (κ2) is 5.38. The molecular weight excluding hydrogens is 266 g/mol. The molecule has 0 fully saturated rings. The maximum atomic E-state index is 11.0. The molecule has 0 radical (unpaired) electrons. The van der Waals surface area contributed by atoms with Crippen LogP contribution in [0.15, 0.2) is 36.5 Å². The highest BCUT2D eigenvalue weighted by molar-refractivity contribution is 6.33. The number of nitrogens with one attached hydrogen (secondary N) is 1. The summed E-state index contributed by atoms with van der Waals surface area (Å²) in [6.07, 6.45) is 1.25. The third-order valence-electron chi connectivity index (χ3n) is 2.40. The topological polar surface area (TPSA) is 86.0 Å². The van der Waals surface area contributed by atoms with Crippen LogP contribution in [0.5, 0.6) is 0 Å². The average molecular weight is 274 g/mol. The van der Waals surface area contributed by atoms with Crippen LogP contribution in [0.4, 0.5) is 11.5 Å². The predicted molar refractivity (Wildman–Crippen MR) is 70.6 cm³/mol. The molecule has 0 saturated carbocycles. The van der Waals surface area contributed by atoms with E-state index in [4.69, 9.17) is 22.0 Å². The summed E-state index contributed by atoms with van der Waals surface area (Å²) in [6, 6.07) is 10.2. The summed E-state index contributed by atoms with van der Waals surface area (Å²) in [6.45, 7) is 0. The molecule has 0 atom stereocenters. The molecule has 94 valence electrons. The van der Waals surface area contributed by atoms with Gasteiger partial charge in [0.25, 0.3) is 0 Å². The Morgan fingerprint density at radius 3 is 2.84 bits per heavy atom. The summed E-state index contributed by atoms with van der Waals surface area (Å²) in [7, 11) is 0. The molecule has 0 aliphatic carbocycles. The van der Waals surface area contributed by atoms with Crippen molar-refractivity contribution in [1.29, 1.82) is 5.26 Å². The van der Waals surface area contributed by atoms with E-state index >= 15 is 0 Å². The summed E-state index contributed by atoms with van der Waals surface area (Å²) in [4.78, 5) is 14.9. The lowest BCUT2D eigenvalue weighted by Gasteiger charge is -2.08. The van der Waals surface area contributed by atoms with Gasteiger partial charge in [0.1, 0.15) is 11.9 Å². The molecule has 1 aromatic carbocycles. The number of benzene rings is 1. The van der Waals surface area contributed by atoms with Gasteiger partial charge in [-0.2, -0.15) is 5.26 Å². The number of halogens is 1. The van der Waals surface area contributed by atoms with E-state index in [2.05, 4.69) is 10.3 Å². The lowest BCUT2D eigenvalue weighted by Crippen LogP contribution is -2.02. The van der Waals surface area contributed by atoms with Crippen LogP contribution in [0.2, 0.25) is 5.02 Å². The van der Waals surface area contributed by atoms with Crippen molar-refractivity contribution in [3.63, 3.8) is 0 Å². The second-order valence-electron chi connectivity index (χ2n) is 3.64. The molecule has 2 N–H and O–H groups in total. The number of aromatic nitrogens is 1. The summed E-state index contributed by atoms with van der Waals surface area (Å²) in [5, 5.41) is 20.9. The van der Waals surface area contributed by atoms with Crippen molar-refractivity contribution in [1.82, 2.24) is 4.98 Å². The van der Waals surface area contributed by atoms with E-state index < -0.39 is 5.97 Å². The van der Waals surface area contributed by atoms with Crippen LogP contribution in [-0.4, -0.2) is 16.1 Å². The van der Waals surface area contributed by atoms with Crippen LogP contribution in [0.3, 0.4) is 0 Å². The van der Waals surface area contributed by atoms with Crippen molar-refractivity contribution in [2.75, 3.05) is 5.32 Å². The molecule has 1 heterocycles. The first kappa shape index (κ1) is 12.9. The van der Waals surface area contributed by atoms with E-state index in [0.29, 0.717) is 17.1 Å². The summed E-state index contributed by atoms with van der Waals surface area (Å²) < 4.78 is 0. The second-order valence-corrected chi connectivity index (χ2v) is 4.04. The SMILES string of the molecule is N#Cc1ccccc1Nc1cc(C(=O)O)c(Cl)cn1. The number of pyridine rings is 1. The molecular formula is C13H8ClN3O2. The quantitative estimate of drug-likeness (QED) is 0.897. The molecule has 0 unspecified atom stereocenters. The largest absolute Gasteiger partial charge is 0.478 e. The Morgan fingerprint density at radius 2 is 2.16 bits per heavy atom. The number of hydrogen-bond acceptors (Lipinski definition) is 4. The Balaban J connectivity index is 2.37. The molecule has 0 amide bonds. The van der Waals surface area contributed by atoms with E-state index in [-0.39, 0.29) is 10.6 Å². The fourth-order valence-corrected chi connectivity index (χ4v) is 1.68. The van der Waals surface area contributed by atoms with E-state index in [1.807, 2.05) is 6.07 Å². The number of nitriles is 1. The van der Waals surface area contributed by atoms with Crippen LogP contribution in [0, 0.1) is 11.3 Å². The molecule has 0 aliphatic heterocycles. The number of aromatic carboxylic acids is 1. The molecule has 19 heavy (non-hydrogen) atoms. The highest BCUT2D eigenvalue weighted by Crippen LogP contribution is 2.22. The van der Waals surface area contributed by atoms with Crippen LogP contribution in [-0.2, 0) is 0 Å². The zero-order chi connectivity index (χ0) is 13.8. The van der Waals surface area contributed by atoms with Crippen molar-refractivity contribution < 1.29 is 9.90 Å². The lowest BCUT2D eigenvalue weighted by molar-refractivity contribution is 0.0697. The Morgan fingerprint density at radius 1 is 1.42 bits per heavy atom. The first-order chi connectivity index (χ1) is 9.11. The predicted octanol–water partition coefficient (Wildman–Crippen LogP) is 3.05. The number of anilines is 2. The molecule has 0 saturated heterocycles. The minimum absolute atomic E-state index is 0.0476. The summed E-state index contributed by atoms with van der Waals surface area (Å²) in [5.41, 5.74) is 0.945. The van der Waals surface area contributed by atoms with E-state index in [0.717, 1.165) is 0 Å². The van der Waals surface area contributed by atoms with Crippen molar-refractivity contribution in [2.24, 2.45) is 0 Å². The third kappa shape index (κ3) is 2.81. The van der Waals surface area contributed by atoms with Gasteiger partial charge in [-0.15, -0.1) is 0 Å². The van der Waals surface area contributed by atoms with Gasteiger partial charge in [-0.3, -0.25) is 0 Å². The van der Waals surface area contributed by atoms with Gasteiger partial charge in [0, 0.05) is 6.20 Å². The Labute approximate surface area is 114 Å². The summed E-state index contributed by atoms with van der Waals surface area (Å²) >= 11 is 5.73. The Bertz CT molecular complexity index is 680. The number of carboxylic acid groups (broad SMARTS) is 1. The number of hydrogen-bond donors (Lipinski definition) is 2. The standard InChI is InChI=1S/C13H8ClN3O2/c14-10-7-16-12(5-9(10)13(18)19)17-11-4-2-1-3-8(11)6-15/h1-5,7H,(H,16,17)(H,18,19). The Kier molecular flexibility index (Phi) is 3.64. The normalized spacial score (nSPS) is 9.68. The van der Waals surface area contributed by atoms with Crippen LogP contribution >= 0.6 is 11.6 Å². The van der Waals surface area contributed by atoms with Crippen LogP contribution < -0.4 is 5.32 Å². The van der Waals surface area contributed by atoms with Crippen molar-refractivity contribution >= 4 is 29.1 Å². The molecule has 2 rings (SSSR count). The fourth-order valence-electron chi connectivity index (χ4n) is 1.50. The Hall–Kier alpha value is -2.58. The van der Waals surface area contributed by atoms with Gasteiger partial charge in [0.15, 0.2) is 0 Å². The zero-order valence-corrected chi connectivity index (χ0v) is 10.3. The highest BCUT2D eigenvalue weighted by Gasteiger charge is 2.11. The van der Waals surface area contributed by atoms with Gasteiger partial charge in [-0.25, -0.2) is 9.78 Å². The maximum Gasteiger partial charge on any atom is 0.337 e. The van der Waals surface area contributed by atoms with Gasteiger partial charge in [0.05, 0.1) is 21.8 Å². The number of para-hydroxylation sites is 1. The molecule has 5 nitrogen and oxygen atoms in total. The molecule has 1 aromatic heterocycles. The number of carboxylic acids is 1. The number of rotatable bonds is 3. The number of carbonyl (C=O) groups is 1. The molecule has 6 heteroatoms. The maximum absolute atomic E-state index is 11.0. The molecule has 0 bridgehead atoms. The minimum atomic E-state index is -1.14. The minimum Gasteiger partial charge on any atom is -0.478 e. The summed E-state index contributed by atoms with van der Waals surface area (Å²) in [5.74, 6) is -0.825. The van der Waals surface area contributed by atoms with Crippen LogP contribution in [0.1, 0.15) is 15.9 Å². The zero-order valence-electron chi connectivity index (χ0n) is 9.59. The first-order valence-electron chi connectivity index (χ1n) is 5.27. The highest BCUT2D eigenvalue weighted by atomic mass is 35.5. The van der Waals surface area contributed by atoms with Crippen molar-refractivity contribution in [2.45, 2.75) is 0 Å². The lowest BCUT2D eigenvalue weighted by atomic mass is 10.2. The van der Waals surface area contributed by atoms with Gasteiger partial charge in [0.2, 0.25) is 0 Å². The smallest absolute Gasteiger partial charge is 0.337 e. The van der Waals surface area contributed by atoms with Crippen molar-refractivity contribution in [3.05, 3.63) is 52.7 Å². The van der Waals surface area contributed by atoms with Gasteiger partial charge >= 0.3 is 5.97 Å². The average Bonchev–Trinajstić information content (AvgIpc) is 2.41. The third-order valence-corrected chi connectivity index (χ3v) is 2.70. The van der Waals surface area contributed by atoms with Gasteiger partial charge in [-0.05, 0) is 18.2 Å². The van der Waals surface area contributed by atoms with E-state index in [9.17, 15) is 4.79 Å². The molecule has 0 spiro atoms. The van der Waals surface area contributed by atoms with Crippen LogP contribution in [0.25, 0.3) is 0 Å². The molecule has 2 aromatic rings. The van der Waals surface area contributed by atoms with Crippen molar-refractivity contribution in [3.8, 4) is 6.07 Å². The molecule has 0 aliphatic rings. The number of nitrogens with zero attached hydrogens (tertiary/aromatic N) is 2. The van der Waals surface area contributed by atoms with Gasteiger partial charge < -0.3 is 10.4 Å². The first-order valence-corrected chi connectivity index (χ1v) is 5.64. The van der Waals surface area contributed by atoms with Gasteiger partial charge in [-0.1, -0.05) is 23.7 Å². The van der Waals surface area contributed by atoms with E-state index in [1.165, 1.54) is 12.3 Å². The van der Waals surface area contributed by atoms with E-state index in [1.54, 1.807) is 24.3 Å². The monoisotopic (exact) mass is 273 g/mol.